The number of carbonyl (C=O) groups excluding carboxylic acids is 1. The van der Waals surface area contributed by atoms with Crippen LogP contribution in [0.25, 0.3) is 0 Å². The van der Waals surface area contributed by atoms with Crippen molar-refractivity contribution in [2.45, 2.75) is 65.3 Å². The fourth-order valence-electron chi connectivity index (χ4n) is 3.29. The number of rotatable bonds is 3. The van der Waals surface area contributed by atoms with Gasteiger partial charge in [0.25, 0.3) is 0 Å². The van der Waals surface area contributed by atoms with Crippen LogP contribution in [0.15, 0.2) is 27.8 Å². The first-order valence-corrected chi connectivity index (χ1v) is 8.72. The molecule has 5 nitrogen and oxygen atoms in total. The van der Waals surface area contributed by atoms with Gasteiger partial charge in [-0.15, -0.1) is 0 Å². The Morgan fingerprint density at radius 3 is 2.71 bits per heavy atom. The summed E-state index contributed by atoms with van der Waals surface area (Å²) < 4.78 is 6.84. The predicted octanol–water partition coefficient (Wildman–Crippen LogP) is 3.52. The molecule has 3 rings (SSSR count). The van der Waals surface area contributed by atoms with Crippen LogP contribution in [0.5, 0.6) is 0 Å². The maximum Gasteiger partial charge on any atom is 0.236 e. The number of carbonyl (C=O) groups is 1. The first-order valence-electron chi connectivity index (χ1n) is 8.72. The van der Waals surface area contributed by atoms with Crippen LogP contribution >= 0.6 is 0 Å². The van der Waals surface area contributed by atoms with E-state index in [2.05, 4.69) is 5.16 Å². The van der Waals surface area contributed by atoms with Crippen LogP contribution in [-0.2, 0) is 6.42 Å². The van der Waals surface area contributed by atoms with Crippen LogP contribution in [0.4, 0.5) is 0 Å². The quantitative estimate of drug-likeness (QED) is 0.866. The summed E-state index contributed by atoms with van der Waals surface area (Å²) in [5.41, 5.74) is 3.53. The second kappa shape index (κ2) is 7.16. The maximum atomic E-state index is 12.8. The van der Waals surface area contributed by atoms with Crippen molar-refractivity contribution < 1.29 is 9.32 Å². The monoisotopic (exact) mass is 327 g/mol. The van der Waals surface area contributed by atoms with Crippen LogP contribution in [0, 0.1) is 20.8 Å². The number of pyridine rings is 1. The predicted molar refractivity (Wildman–Crippen MR) is 91.9 cm³/mol. The molecular formula is C19H25N3O2. The smallest absolute Gasteiger partial charge is 0.236 e. The Labute approximate surface area is 142 Å². The lowest BCUT2D eigenvalue weighted by atomic mass is 9.96. The van der Waals surface area contributed by atoms with Crippen molar-refractivity contribution in [2.24, 2.45) is 4.99 Å². The topological polar surface area (TPSA) is 60.4 Å². The molecule has 0 aromatic carbocycles. The second-order valence-electron chi connectivity index (χ2n) is 6.73. The molecule has 5 heteroatoms. The van der Waals surface area contributed by atoms with Crippen molar-refractivity contribution in [2.75, 3.05) is 0 Å². The van der Waals surface area contributed by atoms with Gasteiger partial charge in [0.05, 0.1) is 18.2 Å². The highest BCUT2D eigenvalue weighted by Crippen LogP contribution is 2.19. The number of hydrogen-bond donors (Lipinski definition) is 0. The minimum atomic E-state index is -0.000963. The fourth-order valence-corrected chi connectivity index (χ4v) is 3.29. The summed E-state index contributed by atoms with van der Waals surface area (Å²) in [6.45, 7) is 5.74. The first-order chi connectivity index (χ1) is 11.5. The van der Waals surface area contributed by atoms with E-state index in [-0.39, 0.29) is 12.3 Å². The van der Waals surface area contributed by atoms with E-state index in [4.69, 9.17) is 9.52 Å². The molecule has 1 aliphatic carbocycles. The molecule has 1 aliphatic rings. The highest BCUT2D eigenvalue weighted by atomic mass is 16.5. The van der Waals surface area contributed by atoms with Crippen molar-refractivity contribution in [1.29, 1.82) is 0 Å². The average Bonchev–Trinajstić information content (AvgIpc) is 2.88. The summed E-state index contributed by atoms with van der Waals surface area (Å²) in [5, 5.41) is 3.93. The lowest BCUT2D eigenvalue weighted by Gasteiger charge is -2.18. The van der Waals surface area contributed by atoms with Gasteiger partial charge < -0.3 is 4.52 Å². The van der Waals surface area contributed by atoms with Gasteiger partial charge in [0.1, 0.15) is 11.2 Å². The van der Waals surface area contributed by atoms with Crippen LogP contribution in [-0.4, -0.2) is 21.7 Å². The molecule has 0 bridgehead atoms. The van der Waals surface area contributed by atoms with Crippen molar-refractivity contribution in [3.8, 4) is 0 Å². The van der Waals surface area contributed by atoms with Gasteiger partial charge in [0.15, 0.2) is 0 Å². The molecule has 24 heavy (non-hydrogen) atoms. The van der Waals surface area contributed by atoms with E-state index in [0.29, 0.717) is 11.8 Å². The Balaban J connectivity index is 1.92. The second-order valence-corrected chi connectivity index (χ2v) is 6.73. The summed E-state index contributed by atoms with van der Waals surface area (Å²) in [6.07, 6.45) is 8.10. The molecule has 128 valence electrons. The van der Waals surface area contributed by atoms with E-state index in [0.717, 1.165) is 35.2 Å². The van der Waals surface area contributed by atoms with Crippen LogP contribution in [0.2, 0.25) is 0 Å². The first kappa shape index (κ1) is 16.7. The maximum absolute atomic E-state index is 12.8. The number of hydrogen-bond acceptors (Lipinski definition) is 4. The SMILES string of the molecule is Cc1ccn(C(=O)Cc2c(C)noc2C)c(=NC2CCCCC2)c1. The summed E-state index contributed by atoms with van der Waals surface area (Å²) in [7, 11) is 0. The highest BCUT2D eigenvalue weighted by Gasteiger charge is 2.16. The standard InChI is InChI=1S/C19H25N3O2/c1-13-9-10-22(18(11-13)20-16-7-5-4-6-8-16)19(23)12-17-14(2)21-24-15(17)3/h9-11,16H,4-8,12H2,1-3H3. The average molecular weight is 327 g/mol. The molecule has 2 aromatic heterocycles. The molecule has 0 spiro atoms. The summed E-state index contributed by atoms with van der Waals surface area (Å²) in [5.74, 6) is 0.707. The summed E-state index contributed by atoms with van der Waals surface area (Å²) in [6, 6.07) is 4.28. The number of aromatic nitrogens is 2. The van der Waals surface area contributed by atoms with Gasteiger partial charge in [0.2, 0.25) is 5.91 Å². The van der Waals surface area contributed by atoms with Crippen LogP contribution in [0.1, 0.15) is 59.5 Å². The van der Waals surface area contributed by atoms with Gasteiger partial charge >= 0.3 is 0 Å². The van der Waals surface area contributed by atoms with E-state index in [1.165, 1.54) is 19.3 Å². The van der Waals surface area contributed by atoms with Crippen molar-refractivity contribution >= 4 is 5.91 Å². The van der Waals surface area contributed by atoms with E-state index < -0.39 is 0 Å². The Kier molecular flexibility index (Phi) is 4.97. The number of aryl methyl sites for hydroxylation is 3. The molecule has 0 saturated heterocycles. The molecular weight excluding hydrogens is 302 g/mol. The molecule has 0 aliphatic heterocycles. The van der Waals surface area contributed by atoms with Gasteiger partial charge in [-0.3, -0.25) is 14.4 Å². The van der Waals surface area contributed by atoms with Crippen LogP contribution in [0.3, 0.4) is 0 Å². The van der Waals surface area contributed by atoms with Crippen molar-refractivity contribution in [3.05, 3.63) is 46.4 Å². The Bertz CT molecular complexity index is 776. The summed E-state index contributed by atoms with van der Waals surface area (Å²) in [4.78, 5) is 17.7. The minimum absolute atomic E-state index is 0.000963. The molecule has 0 amide bonds. The van der Waals surface area contributed by atoms with E-state index in [1.807, 2.05) is 39.1 Å². The largest absolute Gasteiger partial charge is 0.361 e. The van der Waals surface area contributed by atoms with Crippen molar-refractivity contribution in [3.63, 3.8) is 0 Å². The zero-order valence-corrected chi connectivity index (χ0v) is 14.7. The molecule has 0 unspecified atom stereocenters. The van der Waals surface area contributed by atoms with Crippen molar-refractivity contribution in [1.82, 2.24) is 9.72 Å². The lowest BCUT2D eigenvalue weighted by Crippen LogP contribution is -2.30. The third kappa shape index (κ3) is 3.66. The zero-order chi connectivity index (χ0) is 17.1. The van der Waals surface area contributed by atoms with Gasteiger partial charge in [-0.05, 0) is 51.3 Å². The molecule has 0 N–H and O–H groups in total. The Morgan fingerprint density at radius 1 is 1.29 bits per heavy atom. The third-order valence-electron chi connectivity index (χ3n) is 4.76. The molecule has 2 heterocycles. The van der Waals surface area contributed by atoms with Crippen LogP contribution < -0.4 is 5.49 Å². The fraction of sp³-hybridized carbons (Fsp3) is 0.526. The third-order valence-corrected chi connectivity index (χ3v) is 4.76. The van der Waals surface area contributed by atoms with Gasteiger partial charge in [-0.2, -0.15) is 0 Å². The zero-order valence-electron chi connectivity index (χ0n) is 14.7. The van der Waals surface area contributed by atoms with E-state index in [9.17, 15) is 4.79 Å². The van der Waals surface area contributed by atoms with E-state index >= 15 is 0 Å². The van der Waals surface area contributed by atoms with Gasteiger partial charge in [-0.1, -0.05) is 24.4 Å². The normalized spacial score (nSPS) is 16.5. The highest BCUT2D eigenvalue weighted by molar-refractivity contribution is 5.81. The molecule has 0 atom stereocenters. The summed E-state index contributed by atoms with van der Waals surface area (Å²) >= 11 is 0. The lowest BCUT2D eigenvalue weighted by molar-refractivity contribution is 0.0907. The number of nitrogens with zero attached hydrogens (tertiary/aromatic N) is 3. The molecule has 1 fully saturated rings. The van der Waals surface area contributed by atoms with E-state index in [1.54, 1.807) is 4.57 Å². The van der Waals surface area contributed by atoms with Gasteiger partial charge in [-0.25, -0.2) is 0 Å². The minimum Gasteiger partial charge on any atom is -0.361 e. The van der Waals surface area contributed by atoms with Gasteiger partial charge in [0, 0.05) is 11.8 Å². The molecule has 1 saturated carbocycles. The Hall–Kier alpha value is -2.17. The molecule has 2 aromatic rings. The Morgan fingerprint density at radius 2 is 2.04 bits per heavy atom. The molecule has 0 radical (unpaired) electrons.